The summed E-state index contributed by atoms with van der Waals surface area (Å²) in [6, 6.07) is 11.9. The molecule has 0 spiro atoms. The first-order valence-corrected chi connectivity index (χ1v) is 8.81. The lowest BCUT2D eigenvalue weighted by molar-refractivity contribution is -0.114. The van der Waals surface area contributed by atoms with Crippen LogP contribution in [0.3, 0.4) is 0 Å². The van der Waals surface area contributed by atoms with Crippen LogP contribution in [0.2, 0.25) is 0 Å². The molecule has 0 bridgehead atoms. The van der Waals surface area contributed by atoms with Crippen molar-refractivity contribution in [1.29, 1.82) is 0 Å². The van der Waals surface area contributed by atoms with E-state index < -0.39 is 10.0 Å². The Labute approximate surface area is 141 Å². The van der Waals surface area contributed by atoms with Crippen molar-refractivity contribution in [3.05, 3.63) is 53.6 Å². The van der Waals surface area contributed by atoms with E-state index in [0.717, 1.165) is 0 Å². The third-order valence-electron chi connectivity index (χ3n) is 3.42. The van der Waals surface area contributed by atoms with Gasteiger partial charge in [0.15, 0.2) is 0 Å². The Balaban J connectivity index is 2.20. The zero-order valence-electron chi connectivity index (χ0n) is 13.8. The van der Waals surface area contributed by atoms with Crippen LogP contribution in [0.5, 0.6) is 5.75 Å². The third-order valence-corrected chi connectivity index (χ3v) is 4.99. The molecule has 0 heterocycles. The van der Waals surface area contributed by atoms with E-state index in [9.17, 15) is 13.2 Å². The number of ether oxygens (including phenoxy) is 1. The first-order chi connectivity index (χ1) is 11.3. The summed E-state index contributed by atoms with van der Waals surface area (Å²) in [5.74, 6) is 0.279. The minimum absolute atomic E-state index is 0.104. The van der Waals surface area contributed by atoms with Crippen LogP contribution in [0.1, 0.15) is 18.1 Å². The van der Waals surface area contributed by atoms with E-state index in [1.807, 2.05) is 0 Å². The summed E-state index contributed by atoms with van der Waals surface area (Å²) >= 11 is 0. The minimum Gasteiger partial charge on any atom is -0.495 e. The SMILES string of the molecule is COc1ccc(CNS(=O)(=O)c2ccccc2C)cc1NC(C)=O. The molecule has 0 aromatic heterocycles. The summed E-state index contributed by atoms with van der Waals surface area (Å²) in [6.07, 6.45) is 0. The lowest BCUT2D eigenvalue weighted by Gasteiger charge is -2.12. The number of carbonyl (C=O) groups is 1. The van der Waals surface area contributed by atoms with Gasteiger partial charge in [-0.15, -0.1) is 0 Å². The van der Waals surface area contributed by atoms with Gasteiger partial charge >= 0.3 is 0 Å². The van der Waals surface area contributed by atoms with Crippen molar-refractivity contribution in [1.82, 2.24) is 4.72 Å². The van der Waals surface area contributed by atoms with E-state index in [-0.39, 0.29) is 17.3 Å². The number of benzene rings is 2. The molecule has 1 amide bonds. The van der Waals surface area contributed by atoms with E-state index in [4.69, 9.17) is 4.74 Å². The van der Waals surface area contributed by atoms with Crippen LogP contribution >= 0.6 is 0 Å². The molecule has 6 nitrogen and oxygen atoms in total. The Morgan fingerprint density at radius 2 is 1.88 bits per heavy atom. The smallest absolute Gasteiger partial charge is 0.241 e. The van der Waals surface area contributed by atoms with Gasteiger partial charge in [-0.25, -0.2) is 13.1 Å². The molecule has 0 unspecified atom stereocenters. The molecular formula is C17H20N2O4S. The van der Waals surface area contributed by atoms with Gasteiger partial charge in [0.25, 0.3) is 0 Å². The van der Waals surface area contributed by atoms with Gasteiger partial charge in [0.2, 0.25) is 15.9 Å². The van der Waals surface area contributed by atoms with Crippen LogP contribution in [0.15, 0.2) is 47.4 Å². The van der Waals surface area contributed by atoms with Crippen molar-refractivity contribution in [3.8, 4) is 5.75 Å². The lowest BCUT2D eigenvalue weighted by Crippen LogP contribution is -2.24. The Morgan fingerprint density at radius 1 is 1.17 bits per heavy atom. The van der Waals surface area contributed by atoms with Crippen LogP contribution in [-0.4, -0.2) is 21.4 Å². The molecule has 0 fully saturated rings. The van der Waals surface area contributed by atoms with Gasteiger partial charge in [0.05, 0.1) is 17.7 Å². The van der Waals surface area contributed by atoms with Gasteiger partial charge in [-0.1, -0.05) is 24.3 Å². The molecule has 2 N–H and O–H groups in total. The number of methoxy groups -OCH3 is 1. The predicted molar refractivity (Wildman–Crippen MR) is 92.5 cm³/mol. The van der Waals surface area contributed by atoms with Crippen LogP contribution in [-0.2, 0) is 21.4 Å². The number of nitrogens with one attached hydrogen (secondary N) is 2. The zero-order chi connectivity index (χ0) is 17.7. The normalized spacial score (nSPS) is 11.1. The molecule has 24 heavy (non-hydrogen) atoms. The summed E-state index contributed by atoms with van der Waals surface area (Å²) in [5, 5.41) is 2.66. The van der Waals surface area contributed by atoms with Gasteiger partial charge < -0.3 is 10.1 Å². The molecule has 0 saturated carbocycles. The van der Waals surface area contributed by atoms with E-state index in [1.165, 1.54) is 14.0 Å². The van der Waals surface area contributed by atoms with E-state index in [1.54, 1.807) is 49.4 Å². The molecule has 0 aliphatic carbocycles. The average Bonchev–Trinajstić information content (AvgIpc) is 2.53. The van der Waals surface area contributed by atoms with Crippen LogP contribution in [0.25, 0.3) is 0 Å². The standard InChI is InChI=1S/C17H20N2O4S/c1-12-6-4-5-7-17(12)24(21,22)18-11-14-8-9-16(23-3)15(10-14)19-13(2)20/h4-10,18H,11H2,1-3H3,(H,19,20). The van der Waals surface area contributed by atoms with E-state index >= 15 is 0 Å². The number of carbonyl (C=O) groups excluding carboxylic acids is 1. The highest BCUT2D eigenvalue weighted by molar-refractivity contribution is 7.89. The highest BCUT2D eigenvalue weighted by atomic mass is 32.2. The number of amides is 1. The molecule has 7 heteroatoms. The Morgan fingerprint density at radius 3 is 2.50 bits per heavy atom. The van der Waals surface area contributed by atoms with E-state index in [0.29, 0.717) is 22.6 Å². The largest absolute Gasteiger partial charge is 0.495 e. The molecular weight excluding hydrogens is 328 g/mol. The summed E-state index contributed by atoms with van der Waals surface area (Å²) in [7, 11) is -2.11. The fraction of sp³-hybridized carbons (Fsp3) is 0.235. The van der Waals surface area contributed by atoms with Gasteiger partial charge in [-0.05, 0) is 36.2 Å². The maximum atomic E-state index is 12.4. The van der Waals surface area contributed by atoms with Crippen LogP contribution < -0.4 is 14.8 Å². The van der Waals surface area contributed by atoms with Crippen molar-refractivity contribution in [2.45, 2.75) is 25.3 Å². The molecule has 0 radical (unpaired) electrons. The molecule has 2 aromatic rings. The molecule has 0 saturated heterocycles. The molecule has 0 aliphatic rings. The number of rotatable bonds is 6. The maximum Gasteiger partial charge on any atom is 0.241 e. The Kier molecular flexibility index (Phi) is 5.58. The second kappa shape index (κ2) is 7.46. The zero-order valence-corrected chi connectivity index (χ0v) is 14.6. The van der Waals surface area contributed by atoms with Crippen molar-refractivity contribution in [2.75, 3.05) is 12.4 Å². The Hall–Kier alpha value is -2.38. The predicted octanol–water partition coefficient (Wildman–Crippen LogP) is 2.44. The summed E-state index contributed by atoms with van der Waals surface area (Å²) in [6.45, 7) is 3.25. The number of aryl methyl sites for hydroxylation is 1. The van der Waals surface area contributed by atoms with Crippen LogP contribution in [0, 0.1) is 6.92 Å². The fourth-order valence-corrected chi connectivity index (χ4v) is 3.53. The van der Waals surface area contributed by atoms with Crippen molar-refractivity contribution < 1.29 is 17.9 Å². The average molecular weight is 348 g/mol. The summed E-state index contributed by atoms with van der Waals surface area (Å²) in [4.78, 5) is 11.5. The first kappa shape index (κ1) is 18.0. The highest BCUT2D eigenvalue weighted by Crippen LogP contribution is 2.25. The number of sulfonamides is 1. The van der Waals surface area contributed by atoms with Gasteiger partial charge in [-0.2, -0.15) is 0 Å². The molecule has 128 valence electrons. The third kappa shape index (κ3) is 4.33. The second-order valence-electron chi connectivity index (χ2n) is 5.31. The number of anilines is 1. The monoisotopic (exact) mass is 348 g/mol. The van der Waals surface area contributed by atoms with Gasteiger partial charge in [0.1, 0.15) is 5.75 Å². The quantitative estimate of drug-likeness (QED) is 0.840. The summed E-state index contributed by atoms with van der Waals surface area (Å²) < 4.78 is 32.6. The van der Waals surface area contributed by atoms with Crippen molar-refractivity contribution in [2.24, 2.45) is 0 Å². The first-order valence-electron chi connectivity index (χ1n) is 7.33. The molecule has 2 rings (SSSR count). The molecule has 2 aromatic carbocycles. The van der Waals surface area contributed by atoms with Crippen molar-refractivity contribution >= 4 is 21.6 Å². The van der Waals surface area contributed by atoms with Crippen LogP contribution in [0.4, 0.5) is 5.69 Å². The highest BCUT2D eigenvalue weighted by Gasteiger charge is 2.16. The lowest BCUT2D eigenvalue weighted by atomic mass is 10.2. The number of hydrogen-bond acceptors (Lipinski definition) is 4. The van der Waals surface area contributed by atoms with Gasteiger partial charge in [0, 0.05) is 13.5 Å². The van der Waals surface area contributed by atoms with Crippen molar-refractivity contribution in [3.63, 3.8) is 0 Å². The minimum atomic E-state index is -3.61. The Bertz CT molecular complexity index is 847. The number of hydrogen-bond donors (Lipinski definition) is 2. The maximum absolute atomic E-state index is 12.4. The molecule has 0 aliphatic heterocycles. The fourth-order valence-electron chi connectivity index (χ4n) is 2.27. The topological polar surface area (TPSA) is 84.5 Å². The van der Waals surface area contributed by atoms with E-state index in [2.05, 4.69) is 10.0 Å². The second-order valence-corrected chi connectivity index (χ2v) is 7.04. The van der Waals surface area contributed by atoms with Gasteiger partial charge in [-0.3, -0.25) is 4.79 Å². The molecule has 0 atom stereocenters. The summed E-state index contributed by atoms with van der Waals surface area (Å²) in [5.41, 5.74) is 1.88.